The number of nitrogens with zero attached hydrogens (tertiary/aromatic N) is 1. The lowest BCUT2D eigenvalue weighted by Gasteiger charge is -2.03. The average Bonchev–Trinajstić information content (AvgIpc) is 2.80. The normalized spacial score (nSPS) is 10.3. The number of aryl methyl sites for hydroxylation is 1. The molecule has 0 radical (unpaired) electrons. The summed E-state index contributed by atoms with van der Waals surface area (Å²) in [6.45, 7) is 1.62. The predicted molar refractivity (Wildman–Crippen MR) is 78.5 cm³/mol. The summed E-state index contributed by atoms with van der Waals surface area (Å²) >= 11 is 8.81. The third-order valence-corrected chi connectivity index (χ3v) is 3.33. The first-order valence-electron chi connectivity index (χ1n) is 5.65. The Morgan fingerprint density at radius 1 is 1.35 bits per heavy atom. The third-order valence-electron chi connectivity index (χ3n) is 2.57. The molecular formula is C13H10BrClN2O3. The number of aromatic nitrogens is 1. The van der Waals surface area contributed by atoms with Gasteiger partial charge in [-0.05, 0) is 31.2 Å². The van der Waals surface area contributed by atoms with Gasteiger partial charge in [-0.1, -0.05) is 32.7 Å². The van der Waals surface area contributed by atoms with Gasteiger partial charge in [-0.25, -0.2) is 0 Å². The highest BCUT2D eigenvalue weighted by atomic mass is 79.9. The minimum absolute atomic E-state index is 0.0686. The van der Waals surface area contributed by atoms with Gasteiger partial charge < -0.3 is 9.84 Å². The maximum absolute atomic E-state index is 12.3. The van der Waals surface area contributed by atoms with E-state index in [2.05, 4.69) is 26.4 Å². The molecule has 7 heteroatoms. The number of carbonyl (C=O) groups is 2. The SMILES string of the molecule is Cc1onc(C(=O)c2ccc(Cl)cc2)c1NC(=O)CBr. The van der Waals surface area contributed by atoms with Gasteiger partial charge in [0.2, 0.25) is 11.7 Å². The molecule has 5 nitrogen and oxygen atoms in total. The monoisotopic (exact) mass is 356 g/mol. The molecule has 0 saturated carbocycles. The maximum Gasteiger partial charge on any atom is 0.235 e. The summed E-state index contributed by atoms with van der Waals surface area (Å²) in [5, 5.41) is 6.95. The van der Waals surface area contributed by atoms with Crippen LogP contribution >= 0.6 is 27.5 Å². The van der Waals surface area contributed by atoms with Crippen LogP contribution in [-0.4, -0.2) is 22.2 Å². The molecule has 0 aliphatic rings. The van der Waals surface area contributed by atoms with Gasteiger partial charge in [0.15, 0.2) is 11.5 Å². The first kappa shape index (κ1) is 14.7. The highest BCUT2D eigenvalue weighted by Gasteiger charge is 2.22. The number of benzene rings is 1. The molecule has 1 N–H and O–H groups in total. The Labute approximate surface area is 128 Å². The molecule has 0 saturated heterocycles. The number of halogens is 2. The van der Waals surface area contributed by atoms with Gasteiger partial charge in [-0.2, -0.15) is 0 Å². The van der Waals surface area contributed by atoms with E-state index in [-0.39, 0.29) is 28.4 Å². The van der Waals surface area contributed by atoms with E-state index < -0.39 is 0 Å². The Morgan fingerprint density at radius 2 is 2.00 bits per heavy atom. The Balaban J connectivity index is 2.35. The first-order valence-corrected chi connectivity index (χ1v) is 7.15. The van der Waals surface area contributed by atoms with E-state index in [0.717, 1.165) is 0 Å². The van der Waals surface area contributed by atoms with E-state index >= 15 is 0 Å². The molecule has 0 fully saturated rings. The number of hydrogen-bond acceptors (Lipinski definition) is 4. The summed E-state index contributed by atoms with van der Waals surface area (Å²) in [4.78, 5) is 23.8. The summed E-state index contributed by atoms with van der Waals surface area (Å²) in [6.07, 6.45) is 0. The number of nitrogens with one attached hydrogen (secondary N) is 1. The van der Waals surface area contributed by atoms with E-state index in [1.807, 2.05) is 0 Å². The number of alkyl halides is 1. The van der Waals surface area contributed by atoms with Crippen molar-refractivity contribution in [2.75, 3.05) is 10.6 Å². The molecule has 0 spiro atoms. The fourth-order valence-electron chi connectivity index (χ4n) is 1.59. The summed E-state index contributed by atoms with van der Waals surface area (Å²) in [6, 6.07) is 6.40. The van der Waals surface area contributed by atoms with Crippen molar-refractivity contribution in [3.63, 3.8) is 0 Å². The highest BCUT2D eigenvalue weighted by molar-refractivity contribution is 9.09. The van der Waals surface area contributed by atoms with Gasteiger partial charge in [0, 0.05) is 10.6 Å². The van der Waals surface area contributed by atoms with Crippen LogP contribution in [0.1, 0.15) is 21.8 Å². The van der Waals surface area contributed by atoms with E-state index in [1.54, 1.807) is 31.2 Å². The van der Waals surface area contributed by atoms with Crippen LogP contribution < -0.4 is 5.32 Å². The van der Waals surface area contributed by atoms with Crippen molar-refractivity contribution >= 4 is 44.9 Å². The number of hydrogen-bond donors (Lipinski definition) is 1. The second-order valence-electron chi connectivity index (χ2n) is 3.98. The standard InChI is InChI=1S/C13H10BrClN2O3/c1-7-11(16-10(18)6-14)12(17-20-7)13(19)8-2-4-9(15)5-3-8/h2-5H,6H2,1H3,(H,16,18). The summed E-state index contributed by atoms with van der Waals surface area (Å²) in [7, 11) is 0. The van der Waals surface area contributed by atoms with Crippen LogP contribution in [0.2, 0.25) is 5.02 Å². The van der Waals surface area contributed by atoms with Crippen molar-refractivity contribution < 1.29 is 14.1 Å². The quantitative estimate of drug-likeness (QED) is 0.674. The molecule has 0 aliphatic carbocycles. The Kier molecular flexibility index (Phi) is 4.57. The molecule has 1 aromatic heterocycles. The Bertz CT molecular complexity index is 652. The Hall–Kier alpha value is -1.66. The average molecular weight is 358 g/mol. The van der Waals surface area contributed by atoms with Crippen molar-refractivity contribution in [1.29, 1.82) is 0 Å². The lowest BCUT2D eigenvalue weighted by molar-refractivity contribution is -0.113. The largest absolute Gasteiger partial charge is 0.359 e. The topological polar surface area (TPSA) is 72.2 Å². The number of anilines is 1. The zero-order valence-electron chi connectivity index (χ0n) is 10.4. The van der Waals surface area contributed by atoms with E-state index in [1.165, 1.54) is 0 Å². The summed E-state index contributed by atoms with van der Waals surface area (Å²) in [5.74, 6) is -0.263. The molecule has 104 valence electrons. The zero-order valence-corrected chi connectivity index (χ0v) is 12.8. The van der Waals surface area contributed by atoms with Crippen LogP contribution in [-0.2, 0) is 4.79 Å². The van der Waals surface area contributed by atoms with Gasteiger partial charge in [0.25, 0.3) is 0 Å². The molecule has 0 unspecified atom stereocenters. The number of carbonyl (C=O) groups excluding carboxylic acids is 2. The molecule has 1 amide bonds. The second kappa shape index (κ2) is 6.19. The van der Waals surface area contributed by atoms with Crippen molar-refractivity contribution in [2.24, 2.45) is 0 Å². The van der Waals surface area contributed by atoms with Crippen molar-refractivity contribution in [1.82, 2.24) is 5.16 Å². The van der Waals surface area contributed by atoms with E-state index in [0.29, 0.717) is 16.3 Å². The van der Waals surface area contributed by atoms with Crippen LogP contribution in [0.3, 0.4) is 0 Å². The van der Waals surface area contributed by atoms with Gasteiger partial charge in [-0.3, -0.25) is 9.59 Å². The lowest BCUT2D eigenvalue weighted by atomic mass is 10.1. The van der Waals surface area contributed by atoms with Crippen molar-refractivity contribution in [3.8, 4) is 0 Å². The summed E-state index contributed by atoms with van der Waals surface area (Å²) < 4.78 is 4.98. The fourth-order valence-corrected chi connectivity index (χ4v) is 1.85. The fraction of sp³-hybridized carbons (Fsp3) is 0.154. The molecule has 0 atom stereocenters. The van der Waals surface area contributed by atoms with Crippen LogP contribution in [0.15, 0.2) is 28.8 Å². The van der Waals surface area contributed by atoms with Gasteiger partial charge in [0.05, 0.1) is 5.33 Å². The van der Waals surface area contributed by atoms with Crippen molar-refractivity contribution in [2.45, 2.75) is 6.92 Å². The minimum atomic E-state index is -0.344. The van der Waals surface area contributed by atoms with Gasteiger partial charge >= 0.3 is 0 Å². The smallest absolute Gasteiger partial charge is 0.235 e. The molecule has 20 heavy (non-hydrogen) atoms. The second-order valence-corrected chi connectivity index (χ2v) is 4.98. The summed E-state index contributed by atoms with van der Waals surface area (Å²) in [5.41, 5.74) is 0.769. The van der Waals surface area contributed by atoms with E-state index in [9.17, 15) is 9.59 Å². The predicted octanol–water partition coefficient (Wildman–Crippen LogP) is 3.20. The molecule has 0 aliphatic heterocycles. The van der Waals surface area contributed by atoms with Crippen molar-refractivity contribution in [3.05, 3.63) is 46.3 Å². The van der Waals surface area contributed by atoms with Crippen LogP contribution in [0.5, 0.6) is 0 Å². The van der Waals surface area contributed by atoms with Crippen LogP contribution in [0.4, 0.5) is 5.69 Å². The maximum atomic E-state index is 12.3. The highest BCUT2D eigenvalue weighted by Crippen LogP contribution is 2.23. The minimum Gasteiger partial charge on any atom is -0.359 e. The van der Waals surface area contributed by atoms with Gasteiger partial charge in [-0.15, -0.1) is 0 Å². The number of amides is 1. The number of ketones is 1. The molecule has 1 heterocycles. The molecule has 2 aromatic rings. The third kappa shape index (κ3) is 3.08. The van der Waals surface area contributed by atoms with Crippen LogP contribution in [0, 0.1) is 6.92 Å². The van der Waals surface area contributed by atoms with E-state index in [4.69, 9.17) is 16.1 Å². The van der Waals surface area contributed by atoms with Crippen LogP contribution in [0.25, 0.3) is 0 Å². The molecule has 0 bridgehead atoms. The molecule has 2 rings (SSSR count). The molecule has 1 aromatic carbocycles. The zero-order chi connectivity index (χ0) is 14.7. The number of rotatable bonds is 4. The Morgan fingerprint density at radius 3 is 2.60 bits per heavy atom. The molecular weight excluding hydrogens is 348 g/mol. The van der Waals surface area contributed by atoms with Gasteiger partial charge in [0.1, 0.15) is 5.69 Å². The first-order chi connectivity index (χ1) is 9.52. The lowest BCUT2D eigenvalue weighted by Crippen LogP contribution is -2.15.